The molecule has 1 aromatic rings. The van der Waals surface area contributed by atoms with Gasteiger partial charge in [-0.15, -0.1) is 0 Å². The minimum atomic E-state index is -0.900. The van der Waals surface area contributed by atoms with Gasteiger partial charge in [-0.25, -0.2) is 4.79 Å². The van der Waals surface area contributed by atoms with Gasteiger partial charge in [-0.3, -0.25) is 4.68 Å². The molecular formula is C12H18N2O2. The average molecular weight is 222 g/mol. The molecule has 0 amide bonds. The van der Waals surface area contributed by atoms with Gasteiger partial charge in [-0.2, -0.15) is 5.10 Å². The van der Waals surface area contributed by atoms with Gasteiger partial charge < -0.3 is 5.11 Å². The van der Waals surface area contributed by atoms with Gasteiger partial charge in [0.05, 0.1) is 17.8 Å². The van der Waals surface area contributed by atoms with Crippen molar-refractivity contribution in [1.82, 2.24) is 9.78 Å². The van der Waals surface area contributed by atoms with Gasteiger partial charge in [-0.1, -0.05) is 13.8 Å². The zero-order valence-corrected chi connectivity index (χ0v) is 9.76. The zero-order valence-electron chi connectivity index (χ0n) is 9.76. The molecule has 2 rings (SSSR count). The third-order valence-corrected chi connectivity index (χ3v) is 3.79. The number of rotatable bonds is 2. The minimum Gasteiger partial charge on any atom is -0.478 e. The summed E-state index contributed by atoms with van der Waals surface area (Å²) in [4.78, 5) is 10.8. The van der Waals surface area contributed by atoms with Crippen molar-refractivity contribution in [2.75, 3.05) is 0 Å². The Bertz CT molecular complexity index is 386. The summed E-state index contributed by atoms with van der Waals surface area (Å²) < 4.78 is 1.83. The van der Waals surface area contributed by atoms with E-state index in [0.29, 0.717) is 12.0 Å². The summed E-state index contributed by atoms with van der Waals surface area (Å²) in [7, 11) is 0. The molecule has 1 aliphatic carbocycles. The SMILES string of the molecule is CC1CCC(n2cc(C(=O)O)cn2)CC1C. The first-order valence-electron chi connectivity index (χ1n) is 5.85. The second-order valence-corrected chi connectivity index (χ2v) is 4.94. The molecule has 0 aliphatic heterocycles. The maximum absolute atomic E-state index is 10.8. The minimum absolute atomic E-state index is 0.284. The predicted molar refractivity (Wildman–Crippen MR) is 60.4 cm³/mol. The molecule has 0 radical (unpaired) electrons. The molecule has 1 aromatic heterocycles. The van der Waals surface area contributed by atoms with E-state index in [1.165, 1.54) is 12.6 Å². The first-order chi connectivity index (χ1) is 7.58. The maximum Gasteiger partial charge on any atom is 0.338 e. The van der Waals surface area contributed by atoms with E-state index < -0.39 is 5.97 Å². The van der Waals surface area contributed by atoms with Crippen LogP contribution in [0, 0.1) is 11.8 Å². The fourth-order valence-electron chi connectivity index (χ4n) is 2.41. The molecule has 0 spiro atoms. The smallest absolute Gasteiger partial charge is 0.338 e. The zero-order chi connectivity index (χ0) is 11.7. The number of carboxylic acids is 1. The Labute approximate surface area is 95.3 Å². The highest BCUT2D eigenvalue weighted by molar-refractivity contribution is 5.86. The number of carboxylic acid groups (broad SMARTS) is 1. The first-order valence-corrected chi connectivity index (χ1v) is 5.85. The standard InChI is InChI=1S/C12H18N2O2/c1-8-3-4-11(5-9(8)2)14-7-10(6-13-14)12(15)16/h6-9,11H,3-5H2,1-2H3,(H,15,16). The Kier molecular flexibility index (Phi) is 2.99. The lowest BCUT2D eigenvalue weighted by Crippen LogP contribution is -2.23. The molecule has 0 aromatic carbocycles. The number of carbonyl (C=O) groups is 1. The molecule has 16 heavy (non-hydrogen) atoms. The second kappa shape index (κ2) is 4.28. The van der Waals surface area contributed by atoms with E-state index in [1.807, 2.05) is 4.68 Å². The number of nitrogens with zero attached hydrogens (tertiary/aromatic N) is 2. The van der Waals surface area contributed by atoms with Crippen LogP contribution in [-0.4, -0.2) is 20.9 Å². The summed E-state index contributed by atoms with van der Waals surface area (Å²) in [5.74, 6) is 0.561. The van der Waals surface area contributed by atoms with Gasteiger partial charge in [0.2, 0.25) is 0 Å². The van der Waals surface area contributed by atoms with Crippen LogP contribution in [0.1, 0.15) is 49.5 Å². The Morgan fingerprint density at radius 1 is 1.44 bits per heavy atom. The van der Waals surface area contributed by atoms with Crippen LogP contribution in [0.25, 0.3) is 0 Å². The van der Waals surface area contributed by atoms with Crippen LogP contribution in [0.3, 0.4) is 0 Å². The molecule has 3 atom stereocenters. The largest absolute Gasteiger partial charge is 0.478 e. The Hall–Kier alpha value is -1.32. The molecule has 0 saturated heterocycles. The molecule has 3 unspecified atom stereocenters. The van der Waals surface area contributed by atoms with E-state index in [2.05, 4.69) is 18.9 Å². The van der Waals surface area contributed by atoms with E-state index in [9.17, 15) is 4.79 Å². The third kappa shape index (κ3) is 2.10. The molecule has 88 valence electrons. The van der Waals surface area contributed by atoms with Crippen molar-refractivity contribution in [2.24, 2.45) is 11.8 Å². The van der Waals surface area contributed by atoms with Crippen molar-refractivity contribution in [3.8, 4) is 0 Å². The molecule has 4 nitrogen and oxygen atoms in total. The van der Waals surface area contributed by atoms with Crippen molar-refractivity contribution in [3.63, 3.8) is 0 Å². The van der Waals surface area contributed by atoms with E-state index in [0.717, 1.165) is 18.8 Å². The number of hydrogen-bond acceptors (Lipinski definition) is 2. The van der Waals surface area contributed by atoms with Crippen LogP contribution in [-0.2, 0) is 0 Å². The lowest BCUT2D eigenvalue weighted by Gasteiger charge is -2.32. The fraction of sp³-hybridized carbons (Fsp3) is 0.667. The average Bonchev–Trinajstić information content (AvgIpc) is 2.71. The summed E-state index contributed by atoms with van der Waals surface area (Å²) in [6.45, 7) is 4.55. The van der Waals surface area contributed by atoms with Crippen LogP contribution < -0.4 is 0 Å². The monoisotopic (exact) mass is 222 g/mol. The van der Waals surface area contributed by atoms with E-state index >= 15 is 0 Å². The molecule has 1 N–H and O–H groups in total. The van der Waals surface area contributed by atoms with Crippen LogP contribution >= 0.6 is 0 Å². The normalized spacial score (nSPS) is 30.2. The maximum atomic E-state index is 10.8. The summed E-state index contributed by atoms with van der Waals surface area (Å²) >= 11 is 0. The molecule has 1 fully saturated rings. The highest BCUT2D eigenvalue weighted by atomic mass is 16.4. The van der Waals surface area contributed by atoms with Crippen LogP contribution in [0.4, 0.5) is 0 Å². The van der Waals surface area contributed by atoms with Gasteiger partial charge in [-0.05, 0) is 31.1 Å². The summed E-state index contributed by atoms with van der Waals surface area (Å²) in [6, 6.07) is 0.374. The number of aromatic carboxylic acids is 1. The summed E-state index contributed by atoms with van der Waals surface area (Å²) in [6.07, 6.45) is 6.49. The lowest BCUT2D eigenvalue weighted by atomic mass is 9.79. The first kappa shape index (κ1) is 11.2. The topological polar surface area (TPSA) is 55.1 Å². The summed E-state index contributed by atoms with van der Waals surface area (Å²) in [5.41, 5.74) is 0.284. The van der Waals surface area contributed by atoms with Crippen molar-refractivity contribution in [3.05, 3.63) is 18.0 Å². The molecule has 4 heteroatoms. The Morgan fingerprint density at radius 3 is 2.75 bits per heavy atom. The highest BCUT2D eigenvalue weighted by Gasteiger charge is 2.26. The van der Waals surface area contributed by atoms with Crippen molar-refractivity contribution in [2.45, 2.75) is 39.2 Å². The van der Waals surface area contributed by atoms with Crippen LogP contribution in [0.15, 0.2) is 12.4 Å². The third-order valence-electron chi connectivity index (χ3n) is 3.79. The quantitative estimate of drug-likeness (QED) is 0.836. The Balaban J connectivity index is 2.09. The van der Waals surface area contributed by atoms with Crippen LogP contribution in [0.2, 0.25) is 0 Å². The molecular weight excluding hydrogens is 204 g/mol. The number of hydrogen-bond donors (Lipinski definition) is 1. The van der Waals surface area contributed by atoms with Gasteiger partial charge in [0.25, 0.3) is 0 Å². The van der Waals surface area contributed by atoms with Gasteiger partial charge in [0, 0.05) is 6.20 Å². The second-order valence-electron chi connectivity index (χ2n) is 4.94. The fourth-order valence-corrected chi connectivity index (χ4v) is 2.41. The predicted octanol–water partition coefficient (Wildman–Crippen LogP) is 2.58. The van der Waals surface area contributed by atoms with E-state index in [-0.39, 0.29) is 5.56 Å². The van der Waals surface area contributed by atoms with Crippen molar-refractivity contribution >= 4 is 5.97 Å². The summed E-state index contributed by atoms with van der Waals surface area (Å²) in [5, 5.41) is 13.0. The molecule has 0 bridgehead atoms. The van der Waals surface area contributed by atoms with E-state index in [1.54, 1.807) is 6.20 Å². The van der Waals surface area contributed by atoms with Crippen LogP contribution in [0.5, 0.6) is 0 Å². The van der Waals surface area contributed by atoms with Gasteiger partial charge in [0.1, 0.15) is 0 Å². The van der Waals surface area contributed by atoms with Gasteiger partial charge >= 0.3 is 5.97 Å². The van der Waals surface area contributed by atoms with E-state index in [4.69, 9.17) is 5.11 Å². The lowest BCUT2D eigenvalue weighted by molar-refractivity contribution is 0.0696. The van der Waals surface area contributed by atoms with Crippen molar-refractivity contribution < 1.29 is 9.90 Å². The molecule has 1 aliphatic rings. The number of aromatic nitrogens is 2. The Morgan fingerprint density at radius 2 is 2.19 bits per heavy atom. The molecule has 1 saturated carbocycles. The van der Waals surface area contributed by atoms with Crippen molar-refractivity contribution in [1.29, 1.82) is 0 Å². The molecule has 1 heterocycles. The van der Waals surface area contributed by atoms with Gasteiger partial charge in [0.15, 0.2) is 0 Å². The highest BCUT2D eigenvalue weighted by Crippen LogP contribution is 2.35.